The van der Waals surface area contributed by atoms with E-state index in [9.17, 15) is 4.39 Å². The summed E-state index contributed by atoms with van der Waals surface area (Å²) in [6, 6.07) is 6.89. The Morgan fingerprint density at radius 2 is 1.94 bits per heavy atom. The lowest BCUT2D eigenvalue weighted by Gasteiger charge is -2.07. The fourth-order valence-electron chi connectivity index (χ4n) is 1.81. The van der Waals surface area contributed by atoms with Gasteiger partial charge < -0.3 is 0 Å². The number of rotatable bonds is 2. The first-order valence-corrected chi connectivity index (χ1v) is 5.32. The fourth-order valence-corrected chi connectivity index (χ4v) is 1.81. The van der Waals surface area contributed by atoms with E-state index in [1.54, 1.807) is 12.1 Å². The molecule has 1 aromatic carbocycles. The highest BCUT2D eigenvalue weighted by Gasteiger charge is 2.05. The molecule has 84 valence electrons. The highest BCUT2D eigenvalue weighted by Crippen LogP contribution is 2.13. The molecule has 0 radical (unpaired) electrons. The number of hydrogen-bond acceptors (Lipinski definition) is 1. The van der Waals surface area contributed by atoms with Crippen LogP contribution in [-0.2, 0) is 6.54 Å². The van der Waals surface area contributed by atoms with E-state index in [-0.39, 0.29) is 5.82 Å². The van der Waals surface area contributed by atoms with Gasteiger partial charge in [0, 0.05) is 5.69 Å². The number of hydrogen-bond donors (Lipinski definition) is 0. The van der Waals surface area contributed by atoms with Gasteiger partial charge in [-0.1, -0.05) is 6.07 Å². The first-order valence-electron chi connectivity index (χ1n) is 5.32. The third-order valence-corrected chi connectivity index (χ3v) is 2.73. The van der Waals surface area contributed by atoms with E-state index in [0.29, 0.717) is 6.54 Å². The lowest BCUT2D eigenvalue weighted by molar-refractivity contribution is 0.614. The standard InChI is InChI=1S/C13H15FN2/c1-9-4-5-13(14)7-12(9)8-16-11(3)6-10(2)15-16/h4-7H,8H2,1-3H3. The van der Waals surface area contributed by atoms with Gasteiger partial charge in [0.2, 0.25) is 0 Å². The van der Waals surface area contributed by atoms with Crippen LogP contribution in [0.1, 0.15) is 22.5 Å². The summed E-state index contributed by atoms with van der Waals surface area (Å²) < 4.78 is 15.0. The fraction of sp³-hybridized carbons (Fsp3) is 0.308. The SMILES string of the molecule is Cc1cc(C)n(Cc2cc(F)ccc2C)n1. The van der Waals surface area contributed by atoms with Crippen molar-refractivity contribution in [1.29, 1.82) is 0 Å². The predicted octanol–water partition coefficient (Wildman–Crippen LogP) is 3.00. The maximum atomic E-state index is 13.1. The van der Waals surface area contributed by atoms with Gasteiger partial charge in [-0.15, -0.1) is 0 Å². The summed E-state index contributed by atoms with van der Waals surface area (Å²) in [5.41, 5.74) is 4.16. The molecule has 1 aromatic heterocycles. The average Bonchev–Trinajstić information content (AvgIpc) is 2.51. The van der Waals surface area contributed by atoms with Crippen LogP contribution in [0.4, 0.5) is 4.39 Å². The number of aromatic nitrogens is 2. The normalized spacial score (nSPS) is 10.8. The molecule has 3 heteroatoms. The van der Waals surface area contributed by atoms with Gasteiger partial charge in [0.15, 0.2) is 0 Å². The molecule has 2 nitrogen and oxygen atoms in total. The minimum absolute atomic E-state index is 0.192. The summed E-state index contributed by atoms with van der Waals surface area (Å²) in [5.74, 6) is -0.192. The third kappa shape index (κ3) is 2.13. The van der Waals surface area contributed by atoms with Crippen LogP contribution in [0, 0.1) is 26.6 Å². The first kappa shape index (κ1) is 10.9. The van der Waals surface area contributed by atoms with Gasteiger partial charge in [0.1, 0.15) is 5.82 Å². The molecule has 0 bridgehead atoms. The van der Waals surface area contributed by atoms with Crippen LogP contribution in [0.2, 0.25) is 0 Å². The second-order valence-electron chi connectivity index (χ2n) is 4.16. The third-order valence-electron chi connectivity index (χ3n) is 2.73. The minimum Gasteiger partial charge on any atom is -0.265 e. The summed E-state index contributed by atoms with van der Waals surface area (Å²) in [7, 11) is 0. The molecule has 2 aromatic rings. The Kier molecular flexibility index (Phi) is 2.77. The summed E-state index contributed by atoms with van der Waals surface area (Å²) in [5, 5.41) is 4.37. The van der Waals surface area contributed by atoms with Crippen molar-refractivity contribution < 1.29 is 4.39 Å². The highest BCUT2D eigenvalue weighted by molar-refractivity contribution is 5.27. The molecule has 0 unspecified atom stereocenters. The summed E-state index contributed by atoms with van der Waals surface area (Å²) in [6.07, 6.45) is 0. The maximum Gasteiger partial charge on any atom is 0.123 e. The molecular weight excluding hydrogens is 203 g/mol. The molecule has 0 saturated heterocycles. The average molecular weight is 218 g/mol. The molecule has 0 fully saturated rings. The Balaban J connectivity index is 2.33. The van der Waals surface area contributed by atoms with Crippen LogP contribution < -0.4 is 0 Å². The zero-order valence-electron chi connectivity index (χ0n) is 9.79. The largest absolute Gasteiger partial charge is 0.265 e. The van der Waals surface area contributed by atoms with Crippen LogP contribution in [0.5, 0.6) is 0 Å². The van der Waals surface area contributed by atoms with E-state index in [4.69, 9.17) is 0 Å². The minimum atomic E-state index is -0.192. The van der Waals surface area contributed by atoms with Crippen molar-refractivity contribution in [1.82, 2.24) is 9.78 Å². The van der Waals surface area contributed by atoms with E-state index in [0.717, 1.165) is 22.5 Å². The van der Waals surface area contributed by atoms with E-state index in [1.165, 1.54) is 6.07 Å². The number of benzene rings is 1. The monoisotopic (exact) mass is 218 g/mol. The number of nitrogens with zero attached hydrogens (tertiary/aromatic N) is 2. The van der Waals surface area contributed by atoms with Gasteiger partial charge >= 0.3 is 0 Å². The Bertz CT molecular complexity index is 515. The van der Waals surface area contributed by atoms with Gasteiger partial charge in [-0.2, -0.15) is 5.10 Å². The number of aryl methyl sites for hydroxylation is 3. The molecule has 0 atom stereocenters. The summed E-state index contributed by atoms with van der Waals surface area (Å²) in [6.45, 7) is 6.58. The zero-order chi connectivity index (χ0) is 11.7. The van der Waals surface area contributed by atoms with Crippen molar-refractivity contribution in [3.05, 3.63) is 52.6 Å². The topological polar surface area (TPSA) is 17.8 Å². The zero-order valence-corrected chi connectivity index (χ0v) is 9.79. The Labute approximate surface area is 94.7 Å². The molecule has 0 aliphatic rings. The van der Waals surface area contributed by atoms with Crippen molar-refractivity contribution in [3.63, 3.8) is 0 Å². The van der Waals surface area contributed by atoms with Gasteiger partial charge in [-0.3, -0.25) is 4.68 Å². The highest BCUT2D eigenvalue weighted by atomic mass is 19.1. The van der Waals surface area contributed by atoms with Crippen LogP contribution in [0.3, 0.4) is 0 Å². The first-order chi connectivity index (χ1) is 7.56. The Morgan fingerprint density at radius 3 is 2.56 bits per heavy atom. The van der Waals surface area contributed by atoms with E-state index in [1.807, 2.05) is 31.5 Å². The predicted molar refractivity (Wildman–Crippen MR) is 61.9 cm³/mol. The van der Waals surface area contributed by atoms with Gasteiger partial charge in [-0.05, 0) is 50.1 Å². The molecule has 2 rings (SSSR count). The molecule has 0 N–H and O–H groups in total. The molecule has 0 amide bonds. The van der Waals surface area contributed by atoms with Crippen molar-refractivity contribution in [2.75, 3.05) is 0 Å². The Morgan fingerprint density at radius 1 is 1.19 bits per heavy atom. The lowest BCUT2D eigenvalue weighted by atomic mass is 10.1. The van der Waals surface area contributed by atoms with E-state index < -0.39 is 0 Å². The molecule has 0 spiro atoms. The van der Waals surface area contributed by atoms with Gasteiger partial charge in [0.25, 0.3) is 0 Å². The molecule has 0 aliphatic carbocycles. The molecule has 1 heterocycles. The van der Waals surface area contributed by atoms with E-state index >= 15 is 0 Å². The summed E-state index contributed by atoms with van der Waals surface area (Å²) >= 11 is 0. The van der Waals surface area contributed by atoms with Crippen LogP contribution in [-0.4, -0.2) is 9.78 Å². The molecule has 0 saturated carbocycles. The Hall–Kier alpha value is -1.64. The molecular formula is C13H15FN2. The van der Waals surface area contributed by atoms with Gasteiger partial charge in [0.05, 0.1) is 12.2 Å². The van der Waals surface area contributed by atoms with E-state index in [2.05, 4.69) is 5.10 Å². The second-order valence-corrected chi connectivity index (χ2v) is 4.16. The number of halogens is 1. The molecule has 16 heavy (non-hydrogen) atoms. The van der Waals surface area contributed by atoms with Crippen molar-refractivity contribution in [2.45, 2.75) is 27.3 Å². The van der Waals surface area contributed by atoms with Crippen molar-refractivity contribution >= 4 is 0 Å². The van der Waals surface area contributed by atoms with Crippen LogP contribution in [0.25, 0.3) is 0 Å². The smallest absolute Gasteiger partial charge is 0.123 e. The summed E-state index contributed by atoms with van der Waals surface area (Å²) in [4.78, 5) is 0. The molecule has 0 aliphatic heterocycles. The lowest BCUT2D eigenvalue weighted by Crippen LogP contribution is -2.05. The second kappa shape index (κ2) is 4.08. The maximum absolute atomic E-state index is 13.1. The van der Waals surface area contributed by atoms with Crippen LogP contribution in [0.15, 0.2) is 24.3 Å². The van der Waals surface area contributed by atoms with Crippen molar-refractivity contribution in [3.8, 4) is 0 Å². The van der Waals surface area contributed by atoms with Crippen molar-refractivity contribution in [2.24, 2.45) is 0 Å². The quantitative estimate of drug-likeness (QED) is 0.757. The van der Waals surface area contributed by atoms with Crippen LogP contribution >= 0.6 is 0 Å². The van der Waals surface area contributed by atoms with Gasteiger partial charge in [-0.25, -0.2) is 4.39 Å².